The fraction of sp³-hybridized carbons (Fsp3) is 0.467. The van der Waals surface area contributed by atoms with Gasteiger partial charge in [-0.25, -0.2) is 9.18 Å². The van der Waals surface area contributed by atoms with Gasteiger partial charge >= 0.3 is 6.09 Å². The molecule has 1 aromatic heterocycles. The highest BCUT2D eigenvalue weighted by molar-refractivity contribution is 14.2. The standard InChI is InChI=1S/C13H14FIN2O2S.C2H6/c1-8-11(14)9(5-6-20-15)10(7-16-8)17-12(18)19-13(2,3)4;1-2/h7H,1-4H3,(H,17,18);1-2H3. The number of rotatable bonds is 1. The van der Waals surface area contributed by atoms with Gasteiger partial charge in [0, 0.05) is 21.2 Å². The van der Waals surface area contributed by atoms with E-state index in [1.54, 1.807) is 20.8 Å². The third-order valence-corrected chi connectivity index (χ3v) is 2.88. The Balaban J connectivity index is 0.00000211. The number of ether oxygens (including phenoxy) is 1. The summed E-state index contributed by atoms with van der Waals surface area (Å²) in [5.41, 5.74) is -0.111. The largest absolute Gasteiger partial charge is 0.444 e. The van der Waals surface area contributed by atoms with Gasteiger partial charge in [-0.3, -0.25) is 10.3 Å². The Hall–Kier alpha value is -1.01. The van der Waals surface area contributed by atoms with Crippen LogP contribution in [0.15, 0.2) is 6.20 Å². The lowest BCUT2D eigenvalue weighted by Gasteiger charge is -2.20. The summed E-state index contributed by atoms with van der Waals surface area (Å²) in [4.78, 5) is 15.6. The van der Waals surface area contributed by atoms with E-state index in [0.29, 0.717) is 0 Å². The predicted octanol–water partition coefficient (Wildman–Crippen LogP) is 5.29. The van der Waals surface area contributed by atoms with Crippen LogP contribution in [0, 0.1) is 23.9 Å². The molecule has 1 aromatic rings. The van der Waals surface area contributed by atoms with Crippen molar-refractivity contribution in [3.05, 3.63) is 23.3 Å². The average molecular weight is 438 g/mol. The first-order valence-corrected chi connectivity index (χ1v) is 10.0. The molecule has 0 aliphatic rings. The van der Waals surface area contributed by atoms with E-state index in [4.69, 9.17) is 4.74 Å². The van der Waals surface area contributed by atoms with E-state index in [9.17, 15) is 9.18 Å². The van der Waals surface area contributed by atoms with Gasteiger partial charge in [0.05, 0.1) is 23.1 Å². The number of aryl methyl sites for hydroxylation is 1. The number of hydrogen-bond acceptors (Lipinski definition) is 4. The molecule has 22 heavy (non-hydrogen) atoms. The predicted molar refractivity (Wildman–Crippen MR) is 98.6 cm³/mol. The number of nitrogens with one attached hydrogen (secondary N) is 1. The number of aromatic nitrogens is 1. The van der Waals surface area contributed by atoms with Gasteiger partial charge in [0.2, 0.25) is 0 Å². The normalized spacial score (nSPS) is 9.82. The Morgan fingerprint density at radius 3 is 2.55 bits per heavy atom. The fourth-order valence-corrected chi connectivity index (χ4v) is 1.75. The van der Waals surface area contributed by atoms with Crippen molar-refractivity contribution in [2.24, 2.45) is 0 Å². The second-order valence-corrected chi connectivity index (χ2v) is 6.56. The van der Waals surface area contributed by atoms with Gasteiger partial charge in [-0.15, -0.1) is 0 Å². The third-order valence-electron chi connectivity index (χ3n) is 2.04. The molecule has 0 saturated carbocycles. The average Bonchev–Trinajstić information content (AvgIpc) is 2.43. The smallest absolute Gasteiger partial charge is 0.412 e. The van der Waals surface area contributed by atoms with E-state index >= 15 is 0 Å². The monoisotopic (exact) mass is 438 g/mol. The Morgan fingerprint density at radius 2 is 2.05 bits per heavy atom. The lowest BCUT2D eigenvalue weighted by atomic mass is 10.2. The topological polar surface area (TPSA) is 51.2 Å². The molecule has 4 nitrogen and oxygen atoms in total. The van der Waals surface area contributed by atoms with Crippen molar-refractivity contribution < 1.29 is 13.9 Å². The highest BCUT2D eigenvalue weighted by Gasteiger charge is 2.18. The van der Waals surface area contributed by atoms with Gasteiger partial charge in [0.1, 0.15) is 5.60 Å². The Labute approximate surface area is 147 Å². The van der Waals surface area contributed by atoms with Crippen molar-refractivity contribution in [3.63, 3.8) is 0 Å². The number of amides is 1. The second-order valence-electron chi connectivity index (χ2n) is 4.88. The molecule has 0 radical (unpaired) electrons. The van der Waals surface area contributed by atoms with Gasteiger partial charge in [0.15, 0.2) is 5.82 Å². The van der Waals surface area contributed by atoms with E-state index < -0.39 is 17.5 Å². The van der Waals surface area contributed by atoms with Gasteiger partial charge in [-0.1, -0.05) is 13.8 Å². The maximum Gasteiger partial charge on any atom is 0.412 e. The Bertz CT molecular complexity index is 577. The zero-order valence-electron chi connectivity index (χ0n) is 13.5. The molecule has 0 spiro atoms. The van der Waals surface area contributed by atoms with E-state index in [2.05, 4.69) is 21.5 Å². The summed E-state index contributed by atoms with van der Waals surface area (Å²) >= 11 is 1.98. The summed E-state index contributed by atoms with van der Waals surface area (Å²) < 4.78 is 19.1. The molecular weight excluding hydrogens is 418 g/mol. The first kappa shape index (κ1) is 21.0. The van der Waals surface area contributed by atoms with Gasteiger partial charge < -0.3 is 4.74 Å². The SMILES string of the molecule is CC.Cc1ncc(NC(=O)OC(C)(C)C)c(C#CSI)c1F. The van der Waals surface area contributed by atoms with Crippen molar-refractivity contribution >= 4 is 41.9 Å². The summed E-state index contributed by atoms with van der Waals surface area (Å²) in [5.74, 6) is 2.12. The molecule has 0 aromatic carbocycles. The van der Waals surface area contributed by atoms with Crippen LogP contribution in [-0.4, -0.2) is 16.7 Å². The molecule has 7 heteroatoms. The van der Waals surface area contributed by atoms with Crippen molar-refractivity contribution in [1.29, 1.82) is 0 Å². The van der Waals surface area contributed by atoms with Crippen LogP contribution < -0.4 is 5.32 Å². The molecule has 1 heterocycles. The van der Waals surface area contributed by atoms with Crippen molar-refractivity contribution in [2.75, 3.05) is 5.32 Å². The fourth-order valence-electron chi connectivity index (χ4n) is 1.28. The Kier molecular flexibility index (Phi) is 9.44. The second kappa shape index (κ2) is 9.90. The van der Waals surface area contributed by atoms with E-state index in [1.807, 2.05) is 35.1 Å². The summed E-state index contributed by atoms with van der Waals surface area (Å²) in [5, 5.41) is 5.15. The zero-order valence-corrected chi connectivity index (χ0v) is 16.5. The minimum Gasteiger partial charge on any atom is -0.444 e. The minimum atomic E-state index is -0.673. The molecule has 1 amide bonds. The van der Waals surface area contributed by atoms with E-state index in [-0.39, 0.29) is 16.9 Å². The molecule has 0 unspecified atom stereocenters. The number of pyridine rings is 1. The summed E-state index contributed by atoms with van der Waals surface area (Å²) in [6, 6.07) is 0. The lowest BCUT2D eigenvalue weighted by molar-refractivity contribution is 0.0636. The molecule has 0 aliphatic carbocycles. The quantitative estimate of drug-likeness (QED) is 0.478. The van der Waals surface area contributed by atoms with Crippen LogP contribution in [-0.2, 0) is 4.74 Å². The molecule has 1 N–H and O–H groups in total. The lowest BCUT2D eigenvalue weighted by Crippen LogP contribution is -2.27. The van der Waals surface area contributed by atoms with E-state index in [0.717, 1.165) is 0 Å². The molecule has 0 aliphatic heterocycles. The van der Waals surface area contributed by atoms with Gasteiger partial charge in [-0.2, -0.15) is 0 Å². The number of nitrogens with zero attached hydrogens (tertiary/aromatic N) is 1. The van der Waals surface area contributed by atoms with Crippen LogP contribution in [0.5, 0.6) is 0 Å². The Morgan fingerprint density at radius 1 is 1.45 bits per heavy atom. The van der Waals surface area contributed by atoms with Gasteiger partial charge in [0.25, 0.3) is 0 Å². The first-order valence-electron chi connectivity index (χ1n) is 6.68. The first-order chi connectivity index (χ1) is 10.2. The molecule has 122 valence electrons. The van der Waals surface area contributed by atoms with Crippen LogP contribution in [0.25, 0.3) is 0 Å². The summed E-state index contributed by atoms with van der Waals surface area (Å²) in [7, 11) is 1.23. The van der Waals surface area contributed by atoms with E-state index in [1.165, 1.54) is 22.1 Å². The third kappa shape index (κ3) is 7.31. The van der Waals surface area contributed by atoms with Gasteiger partial charge in [-0.05, 0) is 47.8 Å². The zero-order chi connectivity index (χ0) is 17.3. The minimum absolute atomic E-state index is 0.104. The molecular formula is C15H20FIN2O2S. The van der Waals surface area contributed by atoms with Crippen LogP contribution >= 0.6 is 30.1 Å². The molecule has 0 bridgehead atoms. The van der Waals surface area contributed by atoms with Crippen molar-refractivity contribution in [1.82, 2.24) is 4.98 Å². The van der Waals surface area contributed by atoms with Crippen LogP contribution in [0.2, 0.25) is 0 Å². The maximum absolute atomic E-state index is 14.0. The number of hydrogen-bond donors (Lipinski definition) is 1. The summed E-state index contributed by atoms with van der Waals surface area (Å²) in [6.45, 7) is 10.8. The van der Waals surface area contributed by atoms with Crippen molar-refractivity contribution in [3.8, 4) is 11.2 Å². The molecule has 0 saturated heterocycles. The maximum atomic E-state index is 14.0. The van der Waals surface area contributed by atoms with Crippen molar-refractivity contribution in [2.45, 2.75) is 47.1 Å². The molecule has 1 rings (SSSR count). The molecule has 0 fully saturated rings. The molecule has 0 atom stereocenters. The number of carbonyl (C=O) groups excluding carboxylic acids is 1. The van der Waals surface area contributed by atoms with Crippen LogP contribution in [0.3, 0.4) is 0 Å². The number of halogens is 2. The highest BCUT2D eigenvalue weighted by Crippen LogP contribution is 2.21. The summed E-state index contributed by atoms with van der Waals surface area (Å²) in [6.07, 6.45) is 0.692. The highest BCUT2D eigenvalue weighted by atomic mass is 127. The number of carbonyl (C=O) groups is 1. The van der Waals surface area contributed by atoms with Crippen LogP contribution in [0.1, 0.15) is 45.9 Å². The number of anilines is 1. The van der Waals surface area contributed by atoms with Crippen LogP contribution in [0.4, 0.5) is 14.9 Å².